The van der Waals surface area contributed by atoms with Gasteiger partial charge in [-0.1, -0.05) is 0 Å². The summed E-state index contributed by atoms with van der Waals surface area (Å²) in [5, 5.41) is 3.16. The van der Waals surface area contributed by atoms with E-state index in [0.717, 1.165) is 16.9 Å². The molecule has 0 spiro atoms. The molecule has 0 atom stereocenters. The highest BCUT2D eigenvalue weighted by Crippen LogP contribution is 2.24. The van der Waals surface area contributed by atoms with E-state index in [0.29, 0.717) is 11.3 Å². The molecule has 3 N–H and O–H groups in total. The van der Waals surface area contributed by atoms with Crippen LogP contribution in [0.15, 0.2) is 36.7 Å². The predicted octanol–water partition coefficient (Wildman–Crippen LogP) is 2.50. The number of aryl methyl sites for hydroxylation is 1. The number of methoxy groups -OCH3 is 1. The van der Waals surface area contributed by atoms with E-state index in [-0.39, 0.29) is 0 Å². The first kappa shape index (κ1) is 12.9. The standard InChI is InChI=1S/C14H15N3O2/c1-9-5-11(8-16-7-9)17-13-4-3-10(6-12(13)15)14(18)19-2/h3-8,17H,15H2,1-2H3. The van der Waals surface area contributed by atoms with Gasteiger partial charge < -0.3 is 15.8 Å². The fourth-order valence-corrected chi connectivity index (χ4v) is 1.70. The maximum atomic E-state index is 11.4. The quantitative estimate of drug-likeness (QED) is 0.652. The summed E-state index contributed by atoms with van der Waals surface area (Å²) in [5.41, 5.74) is 9.43. The second-order valence-electron chi connectivity index (χ2n) is 4.17. The number of benzene rings is 1. The minimum absolute atomic E-state index is 0.407. The number of rotatable bonds is 3. The van der Waals surface area contributed by atoms with Crippen molar-refractivity contribution in [1.82, 2.24) is 4.98 Å². The molecule has 1 aromatic carbocycles. The van der Waals surface area contributed by atoms with Crippen molar-refractivity contribution in [2.45, 2.75) is 6.92 Å². The number of carbonyl (C=O) groups excluding carboxylic acids is 1. The summed E-state index contributed by atoms with van der Waals surface area (Å²) in [7, 11) is 1.34. The molecule has 5 nitrogen and oxygen atoms in total. The molecule has 0 aliphatic carbocycles. The van der Waals surface area contributed by atoms with Gasteiger partial charge in [0.05, 0.1) is 35.9 Å². The Morgan fingerprint density at radius 1 is 1.32 bits per heavy atom. The largest absolute Gasteiger partial charge is 0.465 e. The first-order chi connectivity index (χ1) is 9.10. The third-order valence-corrected chi connectivity index (χ3v) is 2.63. The Morgan fingerprint density at radius 2 is 2.11 bits per heavy atom. The highest BCUT2D eigenvalue weighted by Gasteiger charge is 2.08. The molecule has 5 heteroatoms. The second kappa shape index (κ2) is 5.39. The Kier molecular flexibility index (Phi) is 3.66. The normalized spacial score (nSPS) is 10.0. The van der Waals surface area contributed by atoms with Gasteiger partial charge in [-0.2, -0.15) is 0 Å². The number of nitrogen functional groups attached to an aromatic ring is 1. The van der Waals surface area contributed by atoms with E-state index in [4.69, 9.17) is 5.73 Å². The van der Waals surface area contributed by atoms with Crippen molar-refractivity contribution in [3.63, 3.8) is 0 Å². The van der Waals surface area contributed by atoms with Crippen molar-refractivity contribution < 1.29 is 9.53 Å². The molecule has 0 aliphatic rings. The van der Waals surface area contributed by atoms with Gasteiger partial charge in [-0.3, -0.25) is 4.98 Å². The number of esters is 1. The van der Waals surface area contributed by atoms with Crippen LogP contribution in [0.2, 0.25) is 0 Å². The molecule has 2 rings (SSSR count). The topological polar surface area (TPSA) is 77.2 Å². The Hall–Kier alpha value is -2.56. The van der Waals surface area contributed by atoms with Crippen molar-refractivity contribution in [2.24, 2.45) is 0 Å². The highest BCUT2D eigenvalue weighted by molar-refractivity contribution is 5.92. The average molecular weight is 257 g/mol. The van der Waals surface area contributed by atoms with Crippen LogP contribution in [0.1, 0.15) is 15.9 Å². The molecule has 1 aromatic heterocycles. The molecule has 0 radical (unpaired) electrons. The molecule has 0 bridgehead atoms. The van der Waals surface area contributed by atoms with Crippen LogP contribution in [0.4, 0.5) is 17.1 Å². The lowest BCUT2D eigenvalue weighted by atomic mass is 10.1. The molecule has 2 aromatic rings. The fourth-order valence-electron chi connectivity index (χ4n) is 1.70. The monoisotopic (exact) mass is 257 g/mol. The first-order valence-corrected chi connectivity index (χ1v) is 5.76. The Morgan fingerprint density at radius 3 is 2.74 bits per heavy atom. The van der Waals surface area contributed by atoms with Crippen molar-refractivity contribution in [3.8, 4) is 0 Å². The van der Waals surface area contributed by atoms with Gasteiger partial charge in [0.1, 0.15) is 0 Å². The van der Waals surface area contributed by atoms with E-state index in [1.807, 2.05) is 13.0 Å². The fraction of sp³-hybridized carbons (Fsp3) is 0.143. The molecule has 0 aliphatic heterocycles. The summed E-state index contributed by atoms with van der Waals surface area (Å²) < 4.78 is 4.64. The molecule has 0 saturated heterocycles. The Labute approximate surface area is 111 Å². The smallest absolute Gasteiger partial charge is 0.337 e. The van der Waals surface area contributed by atoms with Gasteiger partial charge in [0.25, 0.3) is 0 Å². The maximum absolute atomic E-state index is 11.4. The van der Waals surface area contributed by atoms with Crippen LogP contribution in [-0.4, -0.2) is 18.1 Å². The van der Waals surface area contributed by atoms with E-state index in [1.165, 1.54) is 7.11 Å². The molecule has 0 saturated carbocycles. The molecule has 1 heterocycles. The van der Waals surface area contributed by atoms with Crippen molar-refractivity contribution >= 4 is 23.0 Å². The van der Waals surface area contributed by atoms with Crippen LogP contribution < -0.4 is 11.1 Å². The maximum Gasteiger partial charge on any atom is 0.337 e. The molecule has 0 unspecified atom stereocenters. The zero-order chi connectivity index (χ0) is 13.8. The summed E-state index contributed by atoms with van der Waals surface area (Å²) in [6.45, 7) is 1.96. The molecule has 0 fully saturated rings. The summed E-state index contributed by atoms with van der Waals surface area (Å²) in [6.07, 6.45) is 3.48. The number of ether oxygens (including phenoxy) is 1. The number of pyridine rings is 1. The number of carbonyl (C=O) groups is 1. The molecule has 0 amide bonds. The average Bonchev–Trinajstić information content (AvgIpc) is 2.40. The van der Waals surface area contributed by atoms with Crippen LogP contribution in [0, 0.1) is 6.92 Å². The van der Waals surface area contributed by atoms with Gasteiger partial charge in [0, 0.05) is 6.20 Å². The third kappa shape index (κ3) is 3.01. The van der Waals surface area contributed by atoms with Gasteiger partial charge in [-0.15, -0.1) is 0 Å². The number of nitrogens with zero attached hydrogens (tertiary/aromatic N) is 1. The van der Waals surface area contributed by atoms with Gasteiger partial charge in [-0.05, 0) is 36.8 Å². The minimum Gasteiger partial charge on any atom is -0.465 e. The summed E-state index contributed by atoms with van der Waals surface area (Å²) in [4.78, 5) is 15.5. The van der Waals surface area contributed by atoms with E-state index in [1.54, 1.807) is 30.6 Å². The van der Waals surface area contributed by atoms with Crippen LogP contribution in [-0.2, 0) is 4.74 Å². The Bertz CT molecular complexity index is 611. The van der Waals surface area contributed by atoms with Gasteiger partial charge in [-0.25, -0.2) is 4.79 Å². The molecule has 98 valence electrons. The summed E-state index contributed by atoms with van der Waals surface area (Å²) in [5.74, 6) is -0.407. The number of hydrogen-bond donors (Lipinski definition) is 2. The van der Waals surface area contributed by atoms with E-state index in [2.05, 4.69) is 15.0 Å². The molecule has 19 heavy (non-hydrogen) atoms. The summed E-state index contributed by atoms with van der Waals surface area (Å²) in [6, 6.07) is 6.94. The van der Waals surface area contributed by atoms with Crippen molar-refractivity contribution in [1.29, 1.82) is 0 Å². The number of nitrogens with two attached hydrogens (primary N) is 1. The van der Waals surface area contributed by atoms with E-state index in [9.17, 15) is 4.79 Å². The zero-order valence-corrected chi connectivity index (χ0v) is 10.8. The lowest BCUT2D eigenvalue weighted by molar-refractivity contribution is 0.0601. The van der Waals surface area contributed by atoms with Gasteiger partial charge in [0.2, 0.25) is 0 Å². The molecular weight excluding hydrogens is 242 g/mol. The van der Waals surface area contributed by atoms with Crippen molar-refractivity contribution in [3.05, 3.63) is 47.8 Å². The number of nitrogens with one attached hydrogen (secondary N) is 1. The third-order valence-electron chi connectivity index (χ3n) is 2.63. The number of anilines is 3. The first-order valence-electron chi connectivity index (χ1n) is 5.76. The summed E-state index contributed by atoms with van der Waals surface area (Å²) >= 11 is 0. The van der Waals surface area contributed by atoms with Crippen LogP contribution >= 0.6 is 0 Å². The van der Waals surface area contributed by atoms with Crippen LogP contribution in [0.5, 0.6) is 0 Å². The highest BCUT2D eigenvalue weighted by atomic mass is 16.5. The molecular formula is C14H15N3O2. The van der Waals surface area contributed by atoms with Gasteiger partial charge in [0.15, 0.2) is 0 Å². The predicted molar refractivity (Wildman–Crippen MR) is 74.5 cm³/mol. The zero-order valence-electron chi connectivity index (χ0n) is 10.8. The Balaban J connectivity index is 2.24. The number of aromatic nitrogens is 1. The number of hydrogen-bond acceptors (Lipinski definition) is 5. The van der Waals surface area contributed by atoms with Gasteiger partial charge >= 0.3 is 5.97 Å². The van der Waals surface area contributed by atoms with E-state index < -0.39 is 5.97 Å². The minimum atomic E-state index is -0.407. The lowest BCUT2D eigenvalue weighted by Gasteiger charge is -2.10. The SMILES string of the molecule is COC(=O)c1ccc(Nc2cncc(C)c2)c(N)c1. The van der Waals surface area contributed by atoms with E-state index >= 15 is 0 Å². The van der Waals surface area contributed by atoms with Crippen molar-refractivity contribution in [2.75, 3.05) is 18.2 Å². The van der Waals surface area contributed by atoms with Crippen LogP contribution in [0.3, 0.4) is 0 Å². The second-order valence-corrected chi connectivity index (χ2v) is 4.17. The van der Waals surface area contributed by atoms with Crippen LogP contribution in [0.25, 0.3) is 0 Å². The lowest BCUT2D eigenvalue weighted by Crippen LogP contribution is -2.04.